The second-order valence-corrected chi connectivity index (χ2v) is 1.79. The lowest BCUT2D eigenvalue weighted by atomic mass is 10.5. The number of halogens is 1. The van der Waals surface area contributed by atoms with Gasteiger partial charge in [-0.15, -0.1) is 24.0 Å². The van der Waals surface area contributed by atoms with Crippen LogP contribution in [-0.2, 0) is 0 Å². The number of rotatable bonds is 0. The summed E-state index contributed by atoms with van der Waals surface area (Å²) in [6.07, 6.45) is 5.18. The Kier molecular flexibility index (Phi) is 2.21. The molecule has 0 aliphatic carbocycles. The first kappa shape index (κ1) is 7.46. The number of hydrogen-bond acceptors (Lipinski definition) is 2. The Hall–Kier alpha value is -0.650. The SMILES string of the molecule is I.c1cc2cncnn2c1. The van der Waals surface area contributed by atoms with Crippen molar-refractivity contribution in [2.45, 2.75) is 0 Å². The molecule has 52 valence electrons. The molecule has 0 bridgehead atoms. The van der Waals surface area contributed by atoms with Gasteiger partial charge >= 0.3 is 0 Å². The lowest BCUT2D eigenvalue weighted by molar-refractivity contribution is 0.903. The van der Waals surface area contributed by atoms with E-state index in [4.69, 9.17) is 0 Å². The van der Waals surface area contributed by atoms with Crippen molar-refractivity contribution in [2.75, 3.05) is 0 Å². The van der Waals surface area contributed by atoms with Gasteiger partial charge in [0.05, 0.1) is 11.7 Å². The van der Waals surface area contributed by atoms with Gasteiger partial charge in [-0.2, -0.15) is 5.10 Å². The summed E-state index contributed by atoms with van der Waals surface area (Å²) in [7, 11) is 0. The Bertz CT molecular complexity index is 287. The molecule has 0 aliphatic heterocycles. The molecule has 4 heteroatoms. The van der Waals surface area contributed by atoms with Crippen LogP contribution >= 0.6 is 24.0 Å². The normalized spacial score (nSPS) is 9.20. The summed E-state index contributed by atoms with van der Waals surface area (Å²) >= 11 is 0. The monoisotopic (exact) mass is 247 g/mol. The maximum atomic E-state index is 3.95. The molecule has 0 N–H and O–H groups in total. The summed E-state index contributed by atoms with van der Waals surface area (Å²) in [5.74, 6) is 0. The molecule has 0 saturated heterocycles. The molecule has 10 heavy (non-hydrogen) atoms. The van der Waals surface area contributed by atoms with Crippen LogP contribution in [0.1, 0.15) is 0 Å². The van der Waals surface area contributed by atoms with Gasteiger partial charge in [0.15, 0.2) is 0 Å². The van der Waals surface area contributed by atoms with E-state index in [2.05, 4.69) is 10.1 Å². The lowest BCUT2D eigenvalue weighted by Crippen LogP contribution is -1.87. The van der Waals surface area contributed by atoms with Crippen LogP contribution in [-0.4, -0.2) is 14.6 Å². The highest BCUT2D eigenvalue weighted by atomic mass is 127. The minimum absolute atomic E-state index is 0. The van der Waals surface area contributed by atoms with Crippen molar-refractivity contribution >= 4 is 29.5 Å². The minimum Gasteiger partial charge on any atom is -0.241 e. The van der Waals surface area contributed by atoms with E-state index < -0.39 is 0 Å². The lowest BCUT2D eigenvalue weighted by Gasteiger charge is -1.86. The zero-order chi connectivity index (χ0) is 6.10. The van der Waals surface area contributed by atoms with Crippen LogP contribution in [0.4, 0.5) is 0 Å². The number of hydrogen-bond donors (Lipinski definition) is 0. The van der Waals surface area contributed by atoms with Crippen LogP contribution in [0.5, 0.6) is 0 Å². The average molecular weight is 247 g/mol. The van der Waals surface area contributed by atoms with Crippen LogP contribution < -0.4 is 0 Å². The molecule has 2 heterocycles. The third-order valence-electron chi connectivity index (χ3n) is 1.21. The summed E-state index contributed by atoms with van der Waals surface area (Å²) in [6, 6.07) is 3.89. The Morgan fingerprint density at radius 2 is 2.30 bits per heavy atom. The third-order valence-corrected chi connectivity index (χ3v) is 1.21. The molecule has 0 aromatic carbocycles. The average Bonchev–Trinajstić information content (AvgIpc) is 2.33. The summed E-state index contributed by atoms with van der Waals surface area (Å²) in [5, 5.41) is 3.95. The molecule has 0 atom stereocenters. The van der Waals surface area contributed by atoms with Crippen LogP contribution in [0.15, 0.2) is 30.9 Å². The van der Waals surface area contributed by atoms with Gasteiger partial charge < -0.3 is 0 Å². The zero-order valence-electron chi connectivity index (χ0n) is 5.14. The predicted octanol–water partition coefficient (Wildman–Crippen LogP) is 1.35. The maximum absolute atomic E-state index is 3.95. The molecule has 0 aliphatic rings. The predicted molar refractivity (Wildman–Crippen MR) is 48.4 cm³/mol. The first-order chi connectivity index (χ1) is 4.47. The van der Waals surface area contributed by atoms with Crippen molar-refractivity contribution in [1.29, 1.82) is 0 Å². The smallest absolute Gasteiger partial charge is 0.136 e. The van der Waals surface area contributed by atoms with Crippen LogP contribution in [0.3, 0.4) is 0 Å². The van der Waals surface area contributed by atoms with Crippen molar-refractivity contribution in [3.63, 3.8) is 0 Å². The van der Waals surface area contributed by atoms with E-state index in [-0.39, 0.29) is 24.0 Å². The first-order valence-corrected chi connectivity index (χ1v) is 2.70. The van der Waals surface area contributed by atoms with Crippen LogP contribution in [0.25, 0.3) is 5.52 Å². The van der Waals surface area contributed by atoms with E-state index in [1.54, 1.807) is 10.7 Å². The van der Waals surface area contributed by atoms with Gasteiger partial charge in [0, 0.05) is 6.20 Å². The molecule has 0 saturated carbocycles. The fourth-order valence-corrected chi connectivity index (χ4v) is 0.788. The number of nitrogens with zero attached hydrogens (tertiary/aromatic N) is 3. The van der Waals surface area contributed by atoms with Gasteiger partial charge in [-0.3, -0.25) is 0 Å². The molecular weight excluding hydrogens is 241 g/mol. The third kappa shape index (κ3) is 1.11. The van der Waals surface area contributed by atoms with Crippen LogP contribution in [0, 0.1) is 0 Å². The van der Waals surface area contributed by atoms with Gasteiger partial charge in [-0.05, 0) is 12.1 Å². The molecule has 2 aromatic heterocycles. The molecule has 2 aromatic rings. The fourth-order valence-electron chi connectivity index (χ4n) is 0.788. The van der Waals surface area contributed by atoms with Crippen molar-refractivity contribution in [2.24, 2.45) is 0 Å². The van der Waals surface area contributed by atoms with Gasteiger partial charge in [0.1, 0.15) is 6.33 Å². The zero-order valence-corrected chi connectivity index (χ0v) is 7.47. The Morgan fingerprint density at radius 1 is 1.40 bits per heavy atom. The minimum atomic E-state index is 0. The molecular formula is C6H6IN3. The Balaban J connectivity index is 0.000000500. The van der Waals surface area contributed by atoms with E-state index >= 15 is 0 Å². The van der Waals surface area contributed by atoms with E-state index in [1.165, 1.54) is 6.33 Å². The van der Waals surface area contributed by atoms with E-state index in [1.807, 2.05) is 18.3 Å². The highest BCUT2D eigenvalue weighted by Gasteiger charge is 1.86. The summed E-state index contributed by atoms with van der Waals surface area (Å²) in [5.41, 5.74) is 1.03. The molecule has 0 amide bonds. The number of fused-ring (bicyclic) bond motifs is 1. The molecule has 2 rings (SSSR count). The van der Waals surface area contributed by atoms with Crippen molar-refractivity contribution in [1.82, 2.24) is 14.6 Å². The first-order valence-electron chi connectivity index (χ1n) is 2.70. The molecule has 0 spiro atoms. The van der Waals surface area contributed by atoms with Gasteiger partial charge in [0.2, 0.25) is 0 Å². The van der Waals surface area contributed by atoms with E-state index in [9.17, 15) is 0 Å². The molecule has 0 unspecified atom stereocenters. The molecule has 3 nitrogen and oxygen atoms in total. The summed E-state index contributed by atoms with van der Waals surface area (Å²) in [4.78, 5) is 3.85. The quantitative estimate of drug-likeness (QED) is 0.658. The fraction of sp³-hybridized carbons (Fsp3) is 0. The van der Waals surface area contributed by atoms with E-state index in [0.29, 0.717) is 0 Å². The Morgan fingerprint density at radius 3 is 3.10 bits per heavy atom. The van der Waals surface area contributed by atoms with E-state index in [0.717, 1.165) is 5.52 Å². The largest absolute Gasteiger partial charge is 0.241 e. The maximum Gasteiger partial charge on any atom is 0.136 e. The summed E-state index contributed by atoms with van der Waals surface area (Å²) < 4.78 is 1.77. The molecule has 0 radical (unpaired) electrons. The van der Waals surface area contributed by atoms with Gasteiger partial charge in [-0.1, -0.05) is 0 Å². The molecule has 0 fully saturated rings. The highest BCUT2D eigenvalue weighted by Crippen LogP contribution is 1.96. The topological polar surface area (TPSA) is 30.2 Å². The van der Waals surface area contributed by atoms with Crippen LogP contribution in [0.2, 0.25) is 0 Å². The van der Waals surface area contributed by atoms with Crippen molar-refractivity contribution in [3.8, 4) is 0 Å². The number of aromatic nitrogens is 3. The van der Waals surface area contributed by atoms with Crippen molar-refractivity contribution in [3.05, 3.63) is 30.9 Å². The van der Waals surface area contributed by atoms with Gasteiger partial charge in [-0.25, -0.2) is 9.50 Å². The second kappa shape index (κ2) is 2.96. The van der Waals surface area contributed by atoms with Crippen molar-refractivity contribution < 1.29 is 0 Å². The standard InChI is InChI=1S/C6H5N3.HI/c1-2-6-4-7-5-8-9(6)3-1;/h1-5H;1H. The second-order valence-electron chi connectivity index (χ2n) is 1.79. The Labute approximate surface area is 75.1 Å². The van der Waals surface area contributed by atoms with Gasteiger partial charge in [0.25, 0.3) is 0 Å². The summed E-state index contributed by atoms with van der Waals surface area (Å²) in [6.45, 7) is 0. The highest BCUT2D eigenvalue weighted by molar-refractivity contribution is 14.0.